The third-order valence-corrected chi connectivity index (χ3v) is 3.87. The van der Waals surface area contributed by atoms with Crippen LogP contribution in [0.3, 0.4) is 0 Å². The molecule has 0 radical (unpaired) electrons. The third-order valence-electron chi connectivity index (χ3n) is 2.58. The van der Waals surface area contributed by atoms with E-state index in [2.05, 4.69) is 31.7 Å². The van der Waals surface area contributed by atoms with Crippen LogP contribution >= 0.6 is 11.8 Å². The second-order valence-electron chi connectivity index (χ2n) is 4.67. The largest absolute Gasteiger partial charge is 0.233 e. The summed E-state index contributed by atoms with van der Waals surface area (Å²) in [5, 5.41) is 1.34. The van der Waals surface area contributed by atoms with E-state index in [1.807, 2.05) is 30.3 Å². The Hall–Kier alpha value is -1.20. The summed E-state index contributed by atoms with van der Waals surface area (Å²) < 4.78 is 0. The molecule has 0 saturated heterocycles. The van der Waals surface area contributed by atoms with Crippen molar-refractivity contribution >= 4 is 22.5 Å². The summed E-state index contributed by atoms with van der Waals surface area (Å²) in [7, 11) is 0. The second kappa shape index (κ2) is 8.00. The summed E-state index contributed by atoms with van der Waals surface area (Å²) in [5.74, 6) is 3.39. The van der Waals surface area contributed by atoms with Crippen molar-refractivity contribution in [1.29, 1.82) is 0 Å². The first-order valence-corrected chi connectivity index (χ1v) is 7.30. The van der Waals surface area contributed by atoms with E-state index in [4.69, 9.17) is 6.42 Å². The molecule has 18 heavy (non-hydrogen) atoms. The molecule has 2 heteroatoms. The summed E-state index contributed by atoms with van der Waals surface area (Å²) in [4.78, 5) is 4.52. The highest BCUT2D eigenvalue weighted by atomic mass is 32.2. The van der Waals surface area contributed by atoms with Crippen LogP contribution in [0.15, 0.2) is 35.3 Å². The maximum Gasteiger partial charge on any atom is 0.147 e. The van der Waals surface area contributed by atoms with Crippen LogP contribution in [-0.4, -0.2) is 10.3 Å². The van der Waals surface area contributed by atoms with Gasteiger partial charge in [-0.2, -0.15) is 0 Å². The number of thioether (sulfide) groups is 1. The highest BCUT2D eigenvalue weighted by Crippen LogP contribution is 2.25. The highest BCUT2D eigenvalue weighted by molar-refractivity contribution is 8.15. The van der Waals surface area contributed by atoms with Gasteiger partial charge in [0.25, 0.3) is 0 Å². The van der Waals surface area contributed by atoms with Crippen LogP contribution in [0.2, 0.25) is 0 Å². The fourth-order valence-electron chi connectivity index (χ4n) is 1.69. The third kappa shape index (κ3) is 5.42. The molecule has 0 heterocycles. The van der Waals surface area contributed by atoms with Crippen molar-refractivity contribution in [3.63, 3.8) is 0 Å². The van der Waals surface area contributed by atoms with Gasteiger partial charge in [-0.15, -0.1) is 6.42 Å². The lowest BCUT2D eigenvalue weighted by Crippen LogP contribution is -2.08. The number of hydrogen-bond acceptors (Lipinski definition) is 2. The van der Waals surface area contributed by atoms with E-state index in [0.29, 0.717) is 11.2 Å². The Morgan fingerprint density at radius 3 is 2.50 bits per heavy atom. The van der Waals surface area contributed by atoms with E-state index in [-0.39, 0.29) is 0 Å². The molecule has 0 aromatic heterocycles. The maximum absolute atomic E-state index is 5.55. The quantitative estimate of drug-likeness (QED) is 0.416. The van der Waals surface area contributed by atoms with Crippen molar-refractivity contribution < 1.29 is 0 Å². The van der Waals surface area contributed by atoms with Gasteiger partial charge in [-0.3, -0.25) is 0 Å². The van der Waals surface area contributed by atoms with Crippen molar-refractivity contribution in [1.82, 2.24) is 0 Å². The topological polar surface area (TPSA) is 12.4 Å². The van der Waals surface area contributed by atoms with Crippen LogP contribution in [0.25, 0.3) is 0 Å². The Balaban J connectivity index is 2.73. The summed E-state index contributed by atoms with van der Waals surface area (Å²) in [6.45, 7) is 6.69. The van der Waals surface area contributed by atoms with Crippen LogP contribution in [0.5, 0.6) is 0 Å². The minimum absolute atomic E-state index is 0.559. The van der Waals surface area contributed by atoms with Gasteiger partial charge in [-0.25, -0.2) is 4.99 Å². The van der Waals surface area contributed by atoms with Gasteiger partial charge >= 0.3 is 0 Å². The summed E-state index contributed by atoms with van der Waals surface area (Å²) in [6, 6.07) is 9.88. The Morgan fingerprint density at radius 2 is 2.00 bits per heavy atom. The molecular formula is C16H21NS. The minimum Gasteiger partial charge on any atom is -0.233 e. The zero-order valence-corrected chi connectivity index (χ0v) is 12.2. The predicted molar refractivity (Wildman–Crippen MR) is 83.5 cm³/mol. The van der Waals surface area contributed by atoms with Crippen molar-refractivity contribution in [2.45, 2.75) is 38.9 Å². The molecule has 1 aromatic carbocycles. The molecule has 0 fully saturated rings. The van der Waals surface area contributed by atoms with Crippen LogP contribution in [0.1, 0.15) is 33.6 Å². The fraction of sp³-hybridized carbons (Fsp3) is 0.438. The minimum atomic E-state index is 0.559. The van der Waals surface area contributed by atoms with E-state index >= 15 is 0 Å². The summed E-state index contributed by atoms with van der Waals surface area (Å²) in [6.07, 6.45) is 7.85. The van der Waals surface area contributed by atoms with Gasteiger partial charge in [0.1, 0.15) is 5.04 Å². The standard InChI is InChI=1S/C16H21NS/c1-5-15(12-13(3)4)18-16(6-2)17-14-10-8-7-9-11-14/h2,7-11,13,15H,5,12H2,1,3-4H3. The molecule has 0 aliphatic heterocycles. The molecule has 1 rings (SSSR count). The molecule has 0 N–H and O–H groups in total. The fourth-order valence-corrected chi connectivity index (χ4v) is 2.88. The van der Waals surface area contributed by atoms with Crippen molar-refractivity contribution in [3.8, 4) is 12.3 Å². The number of benzene rings is 1. The molecule has 1 unspecified atom stereocenters. The lowest BCUT2D eigenvalue weighted by Gasteiger charge is -2.15. The van der Waals surface area contributed by atoms with E-state index in [1.54, 1.807) is 11.8 Å². The number of para-hydroxylation sites is 1. The van der Waals surface area contributed by atoms with Gasteiger partial charge in [0.2, 0.25) is 0 Å². The monoisotopic (exact) mass is 259 g/mol. The molecule has 1 nitrogen and oxygen atoms in total. The first-order chi connectivity index (χ1) is 8.65. The van der Waals surface area contributed by atoms with Crippen LogP contribution < -0.4 is 0 Å². The summed E-state index contributed by atoms with van der Waals surface area (Å²) >= 11 is 1.73. The highest BCUT2D eigenvalue weighted by Gasteiger charge is 2.12. The SMILES string of the molecule is C#CC(=Nc1ccccc1)SC(CC)CC(C)C. The Labute approximate surface area is 115 Å². The van der Waals surface area contributed by atoms with Crippen LogP contribution in [0, 0.1) is 18.3 Å². The van der Waals surface area contributed by atoms with Crippen molar-refractivity contribution in [2.24, 2.45) is 10.9 Å². The number of hydrogen-bond donors (Lipinski definition) is 0. The molecule has 0 saturated carbocycles. The van der Waals surface area contributed by atoms with E-state index in [1.165, 1.54) is 6.42 Å². The Kier molecular flexibility index (Phi) is 6.60. The van der Waals surface area contributed by atoms with E-state index in [0.717, 1.165) is 17.2 Å². The maximum atomic E-state index is 5.55. The molecule has 0 aliphatic carbocycles. The smallest absolute Gasteiger partial charge is 0.147 e. The molecule has 1 atom stereocenters. The Bertz CT molecular complexity index is 414. The van der Waals surface area contributed by atoms with Gasteiger partial charge in [0.15, 0.2) is 0 Å². The first kappa shape index (κ1) is 14.9. The van der Waals surface area contributed by atoms with Crippen molar-refractivity contribution in [3.05, 3.63) is 30.3 Å². The average Bonchev–Trinajstić information content (AvgIpc) is 2.37. The molecule has 1 aromatic rings. The van der Waals surface area contributed by atoms with E-state index < -0.39 is 0 Å². The van der Waals surface area contributed by atoms with Gasteiger partial charge < -0.3 is 0 Å². The predicted octanol–water partition coefficient (Wildman–Crippen LogP) is 4.91. The zero-order valence-electron chi connectivity index (χ0n) is 11.4. The second-order valence-corrected chi connectivity index (χ2v) is 5.96. The van der Waals surface area contributed by atoms with Crippen LogP contribution in [0.4, 0.5) is 5.69 Å². The van der Waals surface area contributed by atoms with E-state index in [9.17, 15) is 0 Å². The normalized spacial score (nSPS) is 13.4. The molecular weight excluding hydrogens is 238 g/mol. The van der Waals surface area contributed by atoms with Crippen molar-refractivity contribution in [2.75, 3.05) is 0 Å². The van der Waals surface area contributed by atoms with Gasteiger partial charge in [0, 0.05) is 5.25 Å². The summed E-state index contributed by atoms with van der Waals surface area (Å²) in [5.41, 5.74) is 0.928. The number of nitrogens with zero attached hydrogens (tertiary/aromatic N) is 1. The lowest BCUT2D eigenvalue weighted by molar-refractivity contribution is 0.562. The lowest BCUT2D eigenvalue weighted by atomic mass is 10.1. The van der Waals surface area contributed by atoms with Gasteiger partial charge in [0.05, 0.1) is 5.69 Å². The molecule has 0 amide bonds. The molecule has 0 bridgehead atoms. The van der Waals surface area contributed by atoms with Gasteiger partial charge in [-0.05, 0) is 36.8 Å². The first-order valence-electron chi connectivity index (χ1n) is 6.42. The molecule has 0 aliphatic rings. The molecule has 0 spiro atoms. The van der Waals surface area contributed by atoms with Crippen LogP contribution in [-0.2, 0) is 0 Å². The average molecular weight is 259 g/mol. The number of rotatable bonds is 5. The number of aliphatic imine (C=N–C) groups is 1. The Morgan fingerprint density at radius 1 is 1.33 bits per heavy atom. The number of terminal acetylenes is 1. The molecule has 96 valence electrons. The van der Waals surface area contributed by atoms with Gasteiger partial charge in [-0.1, -0.05) is 50.7 Å². The zero-order chi connectivity index (χ0) is 13.4.